The minimum atomic E-state index is -4.10. The number of halogens is 4. The molecule has 0 heterocycles. The molecule has 0 amide bonds. The Morgan fingerprint density at radius 1 is 1.10 bits per heavy atom. The van der Waals surface area contributed by atoms with E-state index in [2.05, 4.69) is 5.32 Å². The average molecular weight is 289 g/mol. The van der Waals surface area contributed by atoms with Gasteiger partial charge in [-0.1, -0.05) is 18.2 Å². The van der Waals surface area contributed by atoms with Crippen LogP contribution >= 0.6 is 0 Å². The number of hydrogen-bond acceptors (Lipinski definition) is 1. The molecular weight excluding hydrogens is 270 g/mol. The van der Waals surface area contributed by atoms with Crippen LogP contribution in [0.2, 0.25) is 0 Å². The summed E-state index contributed by atoms with van der Waals surface area (Å²) < 4.78 is 51.8. The predicted octanol–water partition coefficient (Wildman–Crippen LogP) is 4.45. The summed E-state index contributed by atoms with van der Waals surface area (Å²) in [5, 5.41) is 3.06. The van der Waals surface area contributed by atoms with E-state index in [9.17, 15) is 17.6 Å². The molecular formula is C15H19F4N. The van der Waals surface area contributed by atoms with E-state index in [1.807, 2.05) is 0 Å². The van der Waals surface area contributed by atoms with Gasteiger partial charge in [0.1, 0.15) is 5.82 Å². The van der Waals surface area contributed by atoms with Gasteiger partial charge in [0.15, 0.2) is 0 Å². The summed E-state index contributed by atoms with van der Waals surface area (Å²) in [5.74, 6) is -1.45. The maximum atomic E-state index is 13.8. The van der Waals surface area contributed by atoms with Crippen molar-refractivity contribution in [3.05, 3.63) is 35.6 Å². The first-order chi connectivity index (χ1) is 9.43. The Labute approximate surface area is 116 Å². The van der Waals surface area contributed by atoms with Crippen LogP contribution in [0.4, 0.5) is 17.6 Å². The van der Waals surface area contributed by atoms with Crippen LogP contribution in [0.3, 0.4) is 0 Å². The van der Waals surface area contributed by atoms with Crippen LogP contribution in [0.5, 0.6) is 0 Å². The fourth-order valence-corrected chi connectivity index (χ4v) is 3.15. The Kier molecular flexibility index (Phi) is 4.68. The Morgan fingerprint density at radius 3 is 2.20 bits per heavy atom. The molecule has 0 saturated heterocycles. The molecule has 1 aromatic rings. The Balaban J connectivity index is 2.06. The predicted molar refractivity (Wildman–Crippen MR) is 69.7 cm³/mol. The van der Waals surface area contributed by atoms with Gasteiger partial charge in [0.25, 0.3) is 0 Å². The summed E-state index contributed by atoms with van der Waals surface area (Å²) in [7, 11) is 1.73. The van der Waals surface area contributed by atoms with Crippen LogP contribution in [0.1, 0.15) is 37.3 Å². The van der Waals surface area contributed by atoms with Crippen molar-refractivity contribution in [2.24, 2.45) is 11.8 Å². The van der Waals surface area contributed by atoms with Crippen molar-refractivity contribution in [3.8, 4) is 0 Å². The van der Waals surface area contributed by atoms with E-state index in [1.165, 1.54) is 6.07 Å². The van der Waals surface area contributed by atoms with E-state index < -0.39 is 12.1 Å². The normalized spacial score (nSPS) is 25.4. The van der Waals surface area contributed by atoms with Gasteiger partial charge in [0.05, 0.1) is 5.92 Å². The van der Waals surface area contributed by atoms with E-state index in [0.29, 0.717) is 18.4 Å². The van der Waals surface area contributed by atoms with Crippen LogP contribution in [0, 0.1) is 17.7 Å². The molecule has 1 unspecified atom stereocenters. The van der Waals surface area contributed by atoms with Crippen LogP contribution in [0.15, 0.2) is 24.3 Å². The Hall–Kier alpha value is -1.10. The van der Waals surface area contributed by atoms with Crippen molar-refractivity contribution in [1.82, 2.24) is 5.32 Å². The van der Waals surface area contributed by atoms with Crippen molar-refractivity contribution in [1.29, 1.82) is 0 Å². The number of hydrogen-bond donors (Lipinski definition) is 1. The Bertz CT molecular complexity index is 436. The third kappa shape index (κ3) is 3.32. The number of benzene rings is 1. The lowest BCUT2D eigenvalue weighted by molar-refractivity contribution is -0.184. The lowest BCUT2D eigenvalue weighted by Gasteiger charge is -2.34. The minimum Gasteiger partial charge on any atom is -0.313 e. The zero-order valence-corrected chi connectivity index (χ0v) is 11.4. The summed E-state index contributed by atoms with van der Waals surface area (Å²) in [6, 6.07) is 6.24. The van der Waals surface area contributed by atoms with E-state index in [4.69, 9.17) is 0 Å². The molecule has 1 saturated carbocycles. The van der Waals surface area contributed by atoms with E-state index >= 15 is 0 Å². The van der Waals surface area contributed by atoms with Crippen molar-refractivity contribution in [2.45, 2.75) is 37.9 Å². The quantitative estimate of drug-likeness (QED) is 0.810. The van der Waals surface area contributed by atoms with Gasteiger partial charge in [0.2, 0.25) is 0 Å². The summed E-state index contributed by atoms with van der Waals surface area (Å²) in [4.78, 5) is 0. The zero-order valence-electron chi connectivity index (χ0n) is 11.4. The monoisotopic (exact) mass is 289 g/mol. The molecule has 0 spiro atoms. The molecule has 0 radical (unpaired) electrons. The van der Waals surface area contributed by atoms with Gasteiger partial charge in [-0.3, -0.25) is 0 Å². The first-order valence-electron chi connectivity index (χ1n) is 6.92. The third-order valence-corrected chi connectivity index (χ3v) is 4.26. The second-order valence-corrected chi connectivity index (χ2v) is 5.44. The summed E-state index contributed by atoms with van der Waals surface area (Å²) >= 11 is 0. The van der Waals surface area contributed by atoms with E-state index in [1.54, 1.807) is 25.2 Å². The van der Waals surface area contributed by atoms with Crippen LogP contribution in [0.25, 0.3) is 0 Å². The van der Waals surface area contributed by atoms with Gasteiger partial charge in [-0.15, -0.1) is 0 Å². The lowest BCUT2D eigenvalue weighted by atomic mass is 9.76. The molecule has 1 aromatic carbocycles. The highest BCUT2D eigenvalue weighted by molar-refractivity contribution is 5.22. The molecule has 0 aliphatic heterocycles. The topological polar surface area (TPSA) is 12.0 Å². The van der Waals surface area contributed by atoms with Crippen molar-refractivity contribution >= 4 is 0 Å². The van der Waals surface area contributed by atoms with Gasteiger partial charge < -0.3 is 5.32 Å². The smallest absolute Gasteiger partial charge is 0.313 e. The van der Waals surface area contributed by atoms with Gasteiger partial charge in [-0.25, -0.2) is 4.39 Å². The van der Waals surface area contributed by atoms with Gasteiger partial charge >= 0.3 is 6.18 Å². The van der Waals surface area contributed by atoms with Crippen LogP contribution in [-0.4, -0.2) is 13.2 Å². The molecule has 1 nitrogen and oxygen atoms in total. The SMILES string of the molecule is CNC(c1ccccc1F)C1CCC(C(F)(F)F)CC1. The van der Waals surface area contributed by atoms with E-state index in [-0.39, 0.29) is 30.6 Å². The molecule has 2 rings (SSSR count). The second-order valence-electron chi connectivity index (χ2n) is 5.44. The first-order valence-corrected chi connectivity index (χ1v) is 6.92. The van der Waals surface area contributed by atoms with Gasteiger partial charge in [0, 0.05) is 11.6 Å². The molecule has 0 aromatic heterocycles. The molecule has 20 heavy (non-hydrogen) atoms. The lowest BCUT2D eigenvalue weighted by Crippen LogP contribution is -2.33. The summed E-state index contributed by atoms with van der Waals surface area (Å²) in [6.07, 6.45) is -2.87. The standard InChI is InChI=1S/C15H19F4N/c1-20-14(12-4-2-3-5-13(12)16)10-6-8-11(9-7-10)15(17,18)19/h2-5,10-11,14,20H,6-9H2,1H3. The molecule has 5 heteroatoms. The number of alkyl halides is 3. The fourth-order valence-electron chi connectivity index (χ4n) is 3.15. The molecule has 1 N–H and O–H groups in total. The highest BCUT2D eigenvalue weighted by atomic mass is 19.4. The zero-order chi connectivity index (χ0) is 14.8. The molecule has 112 valence electrons. The maximum Gasteiger partial charge on any atom is 0.391 e. The highest BCUT2D eigenvalue weighted by Gasteiger charge is 2.42. The van der Waals surface area contributed by atoms with Gasteiger partial charge in [-0.05, 0) is 44.7 Å². The highest BCUT2D eigenvalue weighted by Crippen LogP contribution is 2.43. The fraction of sp³-hybridized carbons (Fsp3) is 0.600. The Morgan fingerprint density at radius 2 is 1.70 bits per heavy atom. The molecule has 1 atom stereocenters. The minimum absolute atomic E-state index is 0.0514. The van der Waals surface area contributed by atoms with Gasteiger partial charge in [-0.2, -0.15) is 13.2 Å². The third-order valence-electron chi connectivity index (χ3n) is 4.26. The molecule has 1 aliphatic carbocycles. The molecule has 1 fully saturated rings. The molecule has 0 bridgehead atoms. The maximum absolute atomic E-state index is 13.8. The number of rotatable bonds is 3. The van der Waals surface area contributed by atoms with Crippen molar-refractivity contribution in [3.63, 3.8) is 0 Å². The molecule has 1 aliphatic rings. The van der Waals surface area contributed by atoms with E-state index in [0.717, 1.165) is 0 Å². The second kappa shape index (κ2) is 6.12. The van der Waals surface area contributed by atoms with Crippen molar-refractivity contribution in [2.75, 3.05) is 7.05 Å². The average Bonchev–Trinajstić information content (AvgIpc) is 2.41. The largest absolute Gasteiger partial charge is 0.391 e. The van der Waals surface area contributed by atoms with Crippen LogP contribution in [-0.2, 0) is 0 Å². The first kappa shape index (κ1) is 15.3. The van der Waals surface area contributed by atoms with Crippen LogP contribution < -0.4 is 5.32 Å². The number of nitrogens with one attached hydrogen (secondary N) is 1. The summed E-state index contributed by atoms with van der Waals surface area (Å²) in [6.45, 7) is 0. The van der Waals surface area contributed by atoms with Crippen molar-refractivity contribution < 1.29 is 17.6 Å². The summed E-state index contributed by atoms with van der Waals surface area (Å²) in [5.41, 5.74) is 0.547.